The van der Waals surface area contributed by atoms with Gasteiger partial charge in [-0.15, -0.1) is 0 Å². The van der Waals surface area contributed by atoms with Crippen molar-refractivity contribution < 1.29 is 4.74 Å². The molecule has 0 aliphatic carbocycles. The van der Waals surface area contributed by atoms with E-state index in [1.54, 1.807) is 7.11 Å². The van der Waals surface area contributed by atoms with Gasteiger partial charge in [-0.3, -0.25) is 0 Å². The first-order valence-corrected chi connectivity index (χ1v) is 5.42. The van der Waals surface area contributed by atoms with Crippen LogP contribution < -0.4 is 5.73 Å². The highest BCUT2D eigenvalue weighted by atomic mass is 79.9. The Kier molecular flexibility index (Phi) is 3.04. The lowest BCUT2D eigenvalue weighted by atomic mass is 10.3. The molecule has 0 spiro atoms. The maximum atomic E-state index is 5.57. The quantitative estimate of drug-likeness (QED) is 0.896. The highest BCUT2D eigenvalue weighted by molar-refractivity contribution is 9.10. The number of aromatic nitrogens is 2. The van der Waals surface area contributed by atoms with Crippen LogP contribution in [0.15, 0.2) is 22.7 Å². The number of nitrogens with two attached hydrogens (primary N) is 1. The van der Waals surface area contributed by atoms with Crippen LogP contribution in [0.5, 0.6) is 0 Å². The van der Waals surface area contributed by atoms with Crippen LogP contribution in [0, 0.1) is 0 Å². The summed E-state index contributed by atoms with van der Waals surface area (Å²) in [5.74, 6) is 0.771. The van der Waals surface area contributed by atoms with Crippen LogP contribution in [0.3, 0.4) is 0 Å². The zero-order valence-electron chi connectivity index (χ0n) is 8.33. The highest BCUT2D eigenvalue weighted by Crippen LogP contribution is 2.20. The number of H-pyrrole nitrogens is 1. The second kappa shape index (κ2) is 4.30. The monoisotopic (exact) mass is 269 g/mol. The van der Waals surface area contributed by atoms with Crippen LogP contribution in [0.1, 0.15) is 11.9 Å². The van der Waals surface area contributed by atoms with Crippen molar-refractivity contribution >= 4 is 27.0 Å². The van der Waals surface area contributed by atoms with Gasteiger partial charge in [0, 0.05) is 18.1 Å². The maximum absolute atomic E-state index is 5.57. The molecule has 0 saturated heterocycles. The molecule has 2 aromatic rings. The number of nitrogens with zero attached hydrogens (tertiary/aromatic N) is 1. The molecule has 5 heteroatoms. The third kappa shape index (κ3) is 2.04. The summed E-state index contributed by atoms with van der Waals surface area (Å²) in [6, 6.07) is 5.88. The Labute approximate surface area is 96.0 Å². The van der Waals surface area contributed by atoms with Gasteiger partial charge in [-0.1, -0.05) is 15.9 Å². The van der Waals surface area contributed by atoms with E-state index in [9.17, 15) is 0 Å². The SMILES string of the molecule is COC(CN)c1nc2ccc(Br)cc2[nH]1. The Balaban J connectivity index is 2.46. The lowest BCUT2D eigenvalue weighted by Crippen LogP contribution is -2.15. The Bertz CT molecular complexity index is 465. The van der Waals surface area contributed by atoms with Gasteiger partial charge in [0.05, 0.1) is 11.0 Å². The van der Waals surface area contributed by atoms with E-state index in [0.717, 1.165) is 21.3 Å². The fourth-order valence-corrected chi connectivity index (χ4v) is 1.83. The minimum absolute atomic E-state index is 0.170. The summed E-state index contributed by atoms with van der Waals surface area (Å²) in [5, 5.41) is 0. The van der Waals surface area contributed by atoms with Crippen LogP contribution in [0.2, 0.25) is 0 Å². The number of fused-ring (bicyclic) bond motifs is 1. The number of nitrogens with one attached hydrogen (secondary N) is 1. The molecule has 0 aliphatic heterocycles. The van der Waals surface area contributed by atoms with Gasteiger partial charge in [-0.2, -0.15) is 0 Å². The number of halogens is 1. The summed E-state index contributed by atoms with van der Waals surface area (Å²) in [5.41, 5.74) is 7.47. The van der Waals surface area contributed by atoms with E-state index in [-0.39, 0.29) is 6.10 Å². The van der Waals surface area contributed by atoms with Crippen molar-refractivity contribution in [2.24, 2.45) is 5.73 Å². The first-order valence-electron chi connectivity index (χ1n) is 4.62. The van der Waals surface area contributed by atoms with Crippen LogP contribution in [0.25, 0.3) is 11.0 Å². The predicted molar refractivity (Wildman–Crippen MR) is 62.6 cm³/mol. The van der Waals surface area contributed by atoms with Crippen LogP contribution in [-0.2, 0) is 4.74 Å². The van der Waals surface area contributed by atoms with Gasteiger partial charge in [0.1, 0.15) is 11.9 Å². The van der Waals surface area contributed by atoms with Crippen molar-refractivity contribution in [3.8, 4) is 0 Å². The fourth-order valence-electron chi connectivity index (χ4n) is 1.47. The Morgan fingerprint density at radius 1 is 1.60 bits per heavy atom. The number of rotatable bonds is 3. The van der Waals surface area contributed by atoms with E-state index in [4.69, 9.17) is 10.5 Å². The standard InChI is InChI=1S/C10H12BrN3O/c1-15-9(5-12)10-13-7-3-2-6(11)4-8(7)14-10/h2-4,9H,5,12H2,1H3,(H,13,14). The van der Waals surface area contributed by atoms with Gasteiger partial charge in [0.2, 0.25) is 0 Å². The first-order chi connectivity index (χ1) is 7.24. The Morgan fingerprint density at radius 3 is 3.07 bits per heavy atom. The van der Waals surface area contributed by atoms with Gasteiger partial charge < -0.3 is 15.5 Å². The van der Waals surface area contributed by atoms with Gasteiger partial charge in [0.25, 0.3) is 0 Å². The molecule has 1 heterocycles. The molecule has 0 saturated carbocycles. The third-order valence-electron chi connectivity index (χ3n) is 2.27. The maximum Gasteiger partial charge on any atom is 0.137 e. The summed E-state index contributed by atoms with van der Waals surface area (Å²) >= 11 is 3.41. The van der Waals surface area contributed by atoms with Crippen molar-refractivity contribution in [3.63, 3.8) is 0 Å². The average molecular weight is 270 g/mol. The van der Waals surface area contributed by atoms with Gasteiger partial charge >= 0.3 is 0 Å². The number of hydrogen-bond acceptors (Lipinski definition) is 3. The lowest BCUT2D eigenvalue weighted by molar-refractivity contribution is 0.104. The summed E-state index contributed by atoms with van der Waals surface area (Å²) < 4.78 is 6.24. The minimum atomic E-state index is -0.170. The van der Waals surface area contributed by atoms with E-state index < -0.39 is 0 Å². The van der Waals surface area contributed by atoms with E-state index >= 15 is 0 Å². The number of hydrogen-bond donors (Lipinski definition) is 2. The van der Waals surface area contributed by atoms with Crippen LogP contribution in [0.4, 0.5) is 0 Å². The molecule has 1 aromatic carbocycles. The summed E-state index contributed by atoms with van der Waals surface area (Å²) in [6.45, 7) is 0.414. The van der Waals surface area contributed by atoms with Crippen molar-refractivity contribution in [3.05, 3.63) is 28.5 Å². The molecule has 15 heavy (non-hydrogen) atoms. The summed E-state index contributed by atoms with van der Waals surface area (Å²) in [4.78, 5) is 7.61. The normalized spacial score (nSPS) is 13.3. The summed E-state index contributed by atoms with van der Waals surface area (Å²) in [6.07, 6.45) is -0.170. The number of benzene rings is 1. The molecular formula is C10H12BrN3O. The van der Waals surface area contributed by atoms with Gasteiger partial charge in [0.15, 0.2) is 0 Å². The predicted octanol–water partition coefficient (Wildman–Crippen LogP) is 1.97. The van der Waals surface area contributed by atoms with Gasteiger partial charge in [-0.25, -0.2) is 4.98 Å². The van der Waals surface area contributed by atoms with Gasteiger partial charge in [-0.05, 0) is 18.2 Å². The van der Waals surface area contributed by atoms with Crippen molar-refractivity contribution in [2.45, 2.75) is 6.10 Å². The van der Waals surface area contributed by atoms with E-state index in [0.29, 0.717) is 6.54 Å². The average Bonchev–Trinajstić information content (AvgIpc) is 2.62. The zero-order valence-corrected chi connectivity index (χ0v) is 9.91. The molecule has 80 valence electrons. The molecule has 0 fully saturated rings. The number of imidazole rings is 1. The highest BCUT2D eigenvalue weighted by Gasteiger charge is 2.12. The molecule has 0 radical (unpaired) electrons. The van der Waals surface area contributed by atoms with E-state index in [2.05, 4.69) is 25.9 Å². The second-order valence-corrected chi connectivity index (χ2v) is 4.16. The molecule has 1 unspecified atom stereocenters. The smallest absolute Gasteiger partial charge is 0.137 e. The topological polar surface area (TPSA) is 63.9 Å². The molecule has 0 amide bonds. The molecule has 0 bridgehead atoms. The Hall–Kier alpha value is -0.910. The number of methoxy groups -OCH3 is 1. The molecular weight excluding hydrogens is 258 g/mol. The molecule has 1 atom stereocenters. The first kappa shape index (κ1) is 10.6. The van der Waals surface area contributed by atoms with Crippen molar-refractivity contribution in [1.29, 1.82) is 0 Å². The van der Waals surface area contributed by atoms with Crippen molar-refractivity contribution in [2.75, 3.05) is 13.7 Å². The zero-order chi connectivity index (χ0) is 10.8. The van der Waals surface area contributed by atoms with E-state index in [1.807, 2.05) is 18.2 Å². The fraction of sp³-hybridized carbons (Fsp3) is 0.300. The Morgan fingerprint density at radius 2 is 2.40 bits per heavy atom. The van der Waals surface area contributed by atoms with Crippen LogP contribution in [-0.4, -0.2) is 23.6 Å². The van der Waals surface area contributed by atoms with E-state index in [1.165, 1.54) is 0 Å². The molecule has 2 rings (SSSR count). The lowest BCUT2D eigenvalue weighted by Gasteiger charge is -2.08. The second-order valence-electron chi connectivity index (χ2n) is 3.24. The number of ether oxygens (including phenoxy) is 1. The third-order valence-corrected chi connectivity index (χ3v) is 2.76. The molecule has 0 aliphatic rings. The minimum Gasteiger partial charge on any atom is -0.372 e. The number of aromatic amines is 1. The molecule has 3 N–H and O–H groups in total. The van der Waals surface area contributed by atoms with Crippen molar-refractivity contribution in [1.82, 2.24) is 9.97 Å². The molecule has 4 nitrogen and oxygen atoms in total. The summed E-state index contributed by atoms with van der Waals surface area (Å²) in [7, 11) is 1.63. The molecule has 1 aromatic heterocycles. The van der Waals surface area contributed by atoms with Crippen LogP contribution >= 0.6 is 15.9 Å². The largest absolute Gasteiger partial charge is 0.372 e.